The number of nitrogens with zero attached hydrogens (tertiary/aromatic N) is 1. The predicted octanol–water partition coefficient (Wildman–Crippen LogP) is 5.05. The monoisotopic (exact) mass is 287 g/mol. The molecule has 1 nitrogen and oxygen atoms in total. The van der Waals surface area contributed by atoms with Gasteiger partial charge in [0.1, 0.15) is 0 Å². The molecule has 0 spiro atoms. The lowest BCUT2D eigenvalue weighted by Gasteiger charge is -2.27. The quantitative estimate of drug-likeness (QED) is 0.651. The molecule has 1 heterocycles. The zero-order valence-electron chi connectivity index (χ0n) is 12.8. The molecule has 1 saturated heterocycles. The van der Waals surface area contributed by atoms with Crippen LogP contribution in [0, 0.1) is 0 Å². The normalized spacial score (nSPS) is 18.0. The van der Waals surface area contributed by atoms with Gasteiger partial charge in [0.05, 0.1) is 0 Å². The highest BCUT2D eigenvalue weighted by Gasteiger charge is 2.24. The van der Waals surface area contributed by atoms with Crippen molar-refractivity contribution in [2.45, 2.75) is 25.3 Å². The van der Waals surface area contributed by atoms with Gasteiger partial charge in [-0.25, -0.2) is 0 Å². The number of rotatable bonds is 3. The van der Waals surface area contributed by atoms with E-state index in [1.165, 1.54) is 41.4 Å². The Morgan fingerprint density at radius 2 is 1.59 bits per heavy atom. The topological polar surface area (TPSA) is 3.24 Å². The van der Waals surface area contributed by atoms with E-state index < -0.39 is 0 Å². The van der Waals surface area contributed by atoms with Crippen LogP contribution in [0.3, 0.4) is 0 Å². The van der Waals surface area contributed by atoms with Gasteiger partial charge in [-0.15, -0.1) is 0 Å². The third-order valence-electron chi connectivity index (χ3n) is 4.75. The summed E-state index contributed by atoms with van der Waals surface area (Å²) < 4.78 is 0. The van der Waals surface area contributed by atoms with Crippen LogP contribution in [0.2, 0.25) is 0 Å². The molecule has 1 fully saturated rings. The molecule has 0 N–H and O–H groups in total. The Balaban J connectivity index is 1.58. The Kier molecular flexibility index (Phi) is 3.56. The summed E-state index contributed by atoms with van der Waals surface area (Å²) in [5.74, 6) is 0. The van der Waals surface area contributed by atoms with E-state index in [1.807, 2.05) is 0 Å². The molecule has 110 valence electrons. The zero-order valence-corrected chi connectivity index (χ0v) is 12.8. The van der Waals surface area contributed by atoms with Crippen molar-refractivity contribution in [2.75, 3.05) is 11.4 Å². The molecule has 22 heavy (non-hydrogen) atoms. The van der Waals surface area contributed by atoms with Crippen molar-refractivity contribution in [1.82, 2.24) is 0 Å². The van der Waals surface area contributed by atoms with Crippen LogP contribution in [0.25, 0.3) is 10.8 Å². The van der Waals surface area contributed by atoms with Crippen LogP contribution < -0.4 is 4.90 Å². The summed E-state index contributed by atoms with van der Waals surface area (Å²) in [5.41, 5.74) is 2.82. The molecule has 1 aliphatic heterocycles. The fraction of sp³-hybridized carbons (Fsp3) is 0.238. The first-order chi connectivity index (χ1) is 10.9. The molecular weight excluding hydrogens is 266 g/mol. The van der Waals surface area contributed by atoms with Gasteiger partial charge in [0.15, 0.2) is 0 Å². The molecule has 1 unspecified atom stereocenters. The number of anilines is 1. The van der Waals surface area contributed by atoms with Crippen molar-refractivity contribution >= 4 is 16.5 Å². The summed E-state index contributed by atoms with van der Waals surface area (Å²) in [6.07, 6.45) is 3.73. The highest BCUT2D eigenvalue weighted by Crippen LogP contribution is 2.28. The van der Waals surface area contributed by atoms with Gasteiger partial charge in [-0.3, -0.25) is 0 Å². The van der Waals surface area contributed by atoms with Gasteiger partial charge in [-0.05, 0) is 47.7 Å². The molecule has 4 rings (SSSR count). The molecule has 3 aromatic carbocycles. The van der Waals surface area contributed by atoms with Crippen LogP contribution in [0.15, 0.2) is 72.8 Å². The van der Waals surface area contributed by atoms with Crippen LogP contribution in [-0.2, 0) is 6.42 Å². The van der Waals surface area contributed by atoms with Crippen molar-refractivity contribution in [1.29, 1.82) is 0 Å². The van der Waals surface area contributed by atoms with Gasteiger partial charge < -0.3 is 4.90 Å². The standard InChI is InChI=1S/C21H21N/c1-2-9-20(10-3-1)22-14-6-11-21(22)16-17-12-13-18-7-4-5-8-19(18)15-17/h1-5,7-10,12-13,15,21H,6,11,14,16H2. The third-order valence-corrected chi connectivity index (χ3v) is 4.75. The molecule has 1 aliphatic rings. The first kappa shape index (κ1) is 13.4. The van der Waals surface area contributed by atoms with Gasteiger partial charge in [0.2, 0.25) is 0 Å². The number of fused-ring (bicyclic) bond motifs is 1. The van der Waals surface area contributed by atoms with Gasteiger partial charge >= 0.3 is 0 Å². The van der Waals surface area contributed by atoms with Crippen LogP contribution in [-0.4, -0.2) is 12.6 Å². The molecular formula is C21H21N. The first-order valence-electron chi connectivity index (χ1n) is 8.19. The maximum Gasteiger partial charge on any atom is 0.0368 e. The molecule has 1 heteroatoms. The number of benzene rings is 3. The van der Waals surface area contributed by atoms with E-state index in [0.717, 1.165) is 6.42 Å². The fourth-order valence-electron chi connectivity index (χ4n) is 3.65. The van der Waals surface area contributed by atoms with E-state index in [0.29, 0.717) is 6.04 Å². The minimum atomic E-state index is 0.628. The third kappa shape index (κ3) is 2.59. The lowest BCUT2D eigenvalue weighted by atomic mass is 10.00. The molecule has 0 bridgehead atoms. The summed E-state index contributed by atoms with van der Waals surface area (Å²) in [6, 6.07) is 27.0. The zero-order chi connectivity index (χ0) is 14.8. The van der Waals surface area contributed by atoms with Crippen molar-refractivity contribution in [3.05, 3.63) is 78.4 Å². The Morgan fingerprint density at radius 1 is 0.818 bits per heavy atom. The molecule has 1 atom stereocenters. The van der Waals surface area contributed by atoms with Gasteiger partial charge in [-0.1, -0.05) is 60.7 Å². The minimum absolute atomic E-state index is 0.628. The molecule has 0 amide bonds. The first-order valence-corrected chi connectivity index (χ1v) is 8.19. The van der Waals surface area contributed by atoms with Crippen LogP contribution in [0.5, 0.6) is 0 Å². The van der Waals surface area contributed by atoms with E-state index in [9.17, 15) is 0 Å². The van der Waals surface area contributed by atoms with E-state index in [4.69, 9.17) is 0 Å². The minimum Gasteiger partial charge on any atom is -0.368 e. The lowest BCUT2D eigenvalue weighted by molar-refractivity contribution is 0.664. The second-order valence-corrected chi connectivity index (χ2v) is 6.21. The highest BCUT2D eigenvalue weighted by atomic mass is 15.2. The second-order valence-electron chi connectivity index (χ2n) is 6.21. The maximum absolute atomic E-state index is 2.58. The Morgan fingerprint density at radius 3 is 2.45 bits per heavy atom. The maximum atomic E-state index is 2.58. The average Bonchev–Trinajstić information content (AvgIpc) is 3.04. The molecule has 0 saturated carbocycles. The summed E-state index contributed by atoms with van der Waals surface area (Å²) in [5, 5.41) is 2.68. The summed E-state index contributed by atoms with van der Waals surface area (Å²) in [7, 11) is 0. The molecule has 3 aromatic rings. The summed E-state index contributed by atoms with van der Waals surface area (Å²) >= 11 is 0. The van der Waals surface area contributed by atoms with Crippen LogP contribution >= 0.6 is 0 Å². The van der Waals surface area contributed by atoms with Crippen LogP contribution in [0.1, 0.15) is 18.4 Å². The number of hydrogen-bond donors (Lipinski definition) is 0. The number of para-hydroxylation sites is 1. The van der Waals surface area contributed by atoms with E-state index >= 15 is 0 Å². The smallest absolute Gasteiger partial charge is 0.0368 e. The van der Waals surface area contributed by atoms with Crippen molar-refractivity contribution in [3.8, 4) is 0 Å². The second kappa shape index (κ2) is 5.84. The van der Waals surface area contributed by atoms with Crippen LogP contribution in [0.4, 0.5) is 5.69 Å². The SMILES string of the molecule is c1ccc(N2CCCC2Cc2ccc3ccccc3c2)cc1. The summed E-state index contributed by atoms with van der Waals surface area (Å²) in [4.78, 5) is 2.58. The van der Waals surface area contributed by atoms with Crippen molar-refractivity contribution in [3.63, 3.8) is 0 Å². The lowest BCUT2D eigenvalue weighted by Crippen LogP contribution is -2.30. The fourth-order valence-corrected chi connectivity index (χ4v) is 3.65. The predicted molar refractivity (Wildman–Crippen MR) is 94.5 cm³/mol. The van der Waals surface area contributed by atoms with E-state index in [1.54, 1.807) is 0 Å². The largest absolute Gasteiger partial charge is 0.368 e. The number of hydrogen-bond acceptors (Lipinski definition) is 1. The highest BCUT2D eigenvalue weighted by molar-refractivity contribution is 5.83. The van der Waals surface area contributed by atoms with Gasteiger partial charge in [0, 0.05) is 18.3 Å². The Labute approximate surface area is 132 Å². The molecule has 0 aromatic heterocycles. The van der Waals surface area contributed by atoms with E-state index in [-0.39, 0.29) is 0 Å². The van der Waals surface area contributed by atoms with Crippen molar-refractivity contribution < 1.29 is 0 Å². The van der Waals surface area contributed by atoms with Gasteiger partial charge in [-0.2, -0.15) is 0 Å². The Hall–Kier alpha value is -2.28. The van der Waals surface area contributed by atoms with E-state index in [2.05, 4.69) is 77.7 Å². The average molecular weight is 287 g/mol. The summed E-state index contributed by atoms with van der Waals surface area (Å²) in [6.45, 7) is 1.18. The molecule has 0 aliphatic carbocycles. The Bertz CT molecular complexity index is 763. The van der Waals surface area contributed by atoms with Gasteiger partial charge in [0.25, 0.3) is 0 Å². The molecule has 0 radical (unpaired) electrons. The van der Waals surface area contributed by atoms with Crippen molar-refractivity contribution in [2.24, 2.45) is 0 Å².